The summed E-state index contributed by atoms with van der Waals surface area (Å²) in [6, 6.07) is 6.34. The number of piperidine rings is 1. The van der Waals surface area contributed by atoms with Crippen LogP contribution in [0.25, 0.3) is 11.4 Å². The second-order valence-electron chi connectivity index (χ2n) is 4.47. The molecular formula is C13H15ClFN3O. The molecule has 1 saturated heterocycles. The van der Waals surface area contributed by atoms with Gasteiger partial charge < -0.3 is 9.84 Å². The maximum Gasteiger partial charge on any atom is 0.244 e. The Hall–Kier alpha value is -1.46. The summed E-state index contributed by atoms with van der Waals surface area (Å²) in [7, 11) is 0. The maximum atomic E-state index is 13.1. The third kappa shape index (κ3) is 3.11. The average molecular weight is 284 g/mol. The van der Waals surface area contributed by atoms with E-state index in [0.717, 1.165) is 19.4 Å². The lowest BCUT2D eigenvalue weighted by Gasteiger charge is -2.19. The van der Waals surface area contributed by atoms with Crippen LogP contribution in [0, 0.1) is 5.82 Å². The van der Waals surface area contributed by atoms with Gasteiger partial charge in [0.1, 0.15) is 5.82 Å². The summed E-state index contributed by atoms with van der Waals surface area (Å²) in [4.78, 5) is 4.34. The van der Waals surface area contributed by atoms with Crippen molar-refractivity contribution in [2.45, 2.75) is 25.3 Å². The second-order valence-corrected chi connectivity index (χ2v) is 4.47. The van der Waals surface area contributed by atoms with E-state index in [1.807, 2.05) is 0 Å². The molecule has 3 rings (SSSR count). The van der Waals surface area contributed by atoms with Gasteiger partial charge in [-0.3, -0.25) is 0 Å². The molecule has 0 saturated carbocycles. The third-order valence-electron chi connectivity index (χ3n) is 3.13. The van der Waals surface area contributed by atoms with Crippen molar-refractivity contribution in [3.8, 4) is 11.4 Å². The standard InChI is InChI=1S/C13H14FN3O.ClH/c14-10-5-3-4-9(8-10)12-16-13(18-17-12)11-6-1-2-7-15-11;/h3-5,8,11,15H,1-2,6-7H2;1H. The largest absolute Gasteiger partial charge is 0.337 e. The molecular weight excluding hydrogens is 269 g/mol. The van der Waals surface area contributed by atoms with Gasteiger partial charge in [0, 0.05) is 5.56 Å². The van der Waals surface area contributed by atoms with Gasteiger partial charge in [0.2, 0.25) is 11.7 Å². The molecule has 1 fully saturated rings. The molecule has 4 nitrogen and oxygen atoms in total. The molecule has 0 spiro atoms. The number of nitrogens with zero attached hydrogens (tertiary/aromatic N) is 2. The summed E-state index contributed by atoms with van der Waals surface area (Å²) < 4.78 is 18.4. The molecule has 1 unspecified atom stereocenters. The van der Waals surface area contributed by atoms with Crippen molar-refractivity contribution < 1.29 is 8.91 Å². The minimum atomic E-state index is -0.297. The van der Waals surface area contributed by atoms with E-state index in [1.54, 1.807) is 12.1 Å². The highest BCUT2D eigenvalue weighted by atomic mass is 35.5. The van der Waals surface area contributed by atoms with Gasteiger partial charge >= 0.3 is 0 Å². The van der Waals surface area contributed by atoms with E-state index in [2.05, 4.69) is 15.5 Å². The van der Waals surface area contributed by atoms with Crippen molar-refractivity contribution in [3.63, 3.8) is 0 Å². The minimum absolute atomic E-state index is 0. The first kappa shape index (κ1) is 14.0. The van der Waals surface area contributed by atoms with E-state index in [9.17, 15) is 4.39 Å². The first-order valence-electron chi connectivity index (χ1n) is 6.16. The Bertz CT molecular complexity index is 540. The number of aromatic nitrogens is 2. The molecule has 1 aliphatic heterocycles. The smallest absolute Gasteiger partial charge is 0.244 e. The Balaban J connectivity index is 0.00000133. The lowest BCUT2D eigenvalue weighted by molar-refractivity contribution is 0.297. The average Bonchev–Trinajstić information content (AvgIpc) is 2.89. The lowest BCUT2D eigenvalue weighted by Crippen LogP contribution is -2.26. The van der Waals surface area contributed by atoms with Gasteiger partial charge in [-0.2, -0.15) is 4.98 Å². The normalized spacial score (nSPS) is 18.9. The molecule has 1 aliphatic rings. The van der Waals surface area contributed by atoms with Crippen LogP contribution >= 0.6 is 12.4 Å². The first-order chi connectivity index (χ1) is 8.83. The molecule has 2 aromatic rings. The van der Waals surface area contributed by atoms with Gasteiger partial charge in [-0.1, -0.05) is 23.7 Å². The molecule has 102 valence electrons. The van der Waals surface area contributed by atoms with E-state index >= 15 is 0 Å². The highest BCUT2D eigenvalue weighted by Crippen LogP contribution is 2.24. The van der Waals surface area contributed by atoms with Crippen molar-refractivity contribution in [2.24, 2.45) is 0 Å². The van der Waals surface area contributed by atoms with Crippen LogP contribution in [0.4, 0.5) is 4.39 Å². The topological polar surface area (TPSA) is 51.0 Å². The lowest BCUT2D eigenvalue weighted by atomic mass is 10.1. The van der Waals surface area contributed by atoms with Crippen LogP contribution in [0.5, 0.6) is 0 Å². The van der Waals surface area contributed by atoms with Crippen LogP contribution in [0.2, 0.25) is 0 Å². The van der Waals surface area contributed by atoms with E-state index in [0.29, 0.717) is 17.3 Å². The quantitative estimate of drug-likeness (QED) is 0.920. The second kappa shape index (κ2) is 6.12. The molecule has 0 bridgehead atoms. The Kier molecular flexibility index (Phi) is 4.50. The van der Waals surface area contributed by atoms with Crippen LogP contribution in [0.15, 0.2) is 28.8 Å². The molecule has 1 atom stereocenters. The highest BCUT2D eigenvalue weighted by Gasteiger charge is 2.21. The molecule has 1 N–H and O–H groups in total. The molecule has 1 aromatic carbocycles. The Morgan fingerprint density at radius 3 is 2.95 bits per heavy atom. The monoisotopic (exact) mass is 283 g/mol. The molecule has 1 aromatic heterocycles. The molecule has 2 heterocycles. The summed E-state index contributed by atoms with van der Waals surface area (Å²) in [6.07, 6.45) is 3.35. The van der Waals surface area contributed by atoms with E-state index in [-0.39, 0.29) is 24.3 Å². The minimum Gasteiger partial charge on any atom is -0.337 e. The van der Waals surface area contributed by atoms with Gasteiger partial charge in [0.25, 0.3) is 0 Å². The van der Waals surface area contributed by atoms with Gasteiger partial charge in [-0.15, -0.1) is 12.4 Å². The van der Waals surface area contributed by atoms with E-state index in [1.165, 1.54) is 18.6 Å². The number of rotatable bonds is 2. The van der Waals surface area contributed by atoms with Gasteiger partial charge in [-0.25, -0.2) is 4.39 Å². The zero-order valence-electron chi connectivity index (χ0n) is 10.3. The van der Waals surface area contributed by atoms with Crippen molar-refractivity contribution in [1.29, 1.82) is 0 Å². The van der Waals surface area contributed by atoms with Crippen LogP contribution in [-0.4, -0.2) is 16.7 Å². The molecule has 0 radical (unpaired) electrons. The summed E-state index contributed by atoms with van der Waals surface area (Å²) >= 11 is 0. The fourth-order valence-electron chi connectivity index (χ4n) is 2.18. The Labute approximate surface area is 116 Å². The summed E-state index contributed by atoms with van der Waals surface area (Å²) in [5.74, 6) is 0.737. The highest BCUT2D eigenvalue weighted by molar-refractivity contribution is 5.85. The van der Waals surface area contributed by atoms with Gasteiger partial charge in [-0.05, 0) is 31.5 Å². The van der Waals surface area contributed by atoms with Gasteiger partial charge in [0.15, 0.2) is 0 Å². The fraction of sp³-hybridized carbons (Fsp3) is 0.385. The zero-order chi connectivity index (χ0) is 12.4. The zero-order valence-corrected chi connectivity index (χ0v) is 11.1. The maximum absolute atomic E-state index is 13.1. The molecule has 0 aliphatic carbocycles. The van der Waals surface area contributed by atoms with E-state index < -0.39 is 0 Å². The number of benzene rings is 1. The fourth-order valence-corrected chi connectivity index (χ4v) is 2.18. The van der Waals surface area contributed by atoms with E-state index in [4.69, 9.17) is 4.52 Å². The van der Waals surface area contributed by atoms with Crippen LogP contribution < -0.4 is 5.32 Å². The summed E-state index contributed by atoms with van der Waals surface area (Å²) in [5.41, 5.74) is 0.640. The third-order valence-corrected chi connectivity index (χ3v) is 3.13. The number of halogens is 2. The molecule has 6 heteroatoms. The predicted octanol–water partition coefficient (Wildman–Crippen LogP) is 3.11. The van der Waals surface area contributed by atoms with Crippen LogP contribution in [0.1, 0.15) is 31.2 Å². The van der Waals surface area contributed by atoms with Crippen LogP contribution in [-0.2, 0) is 0 Å². The predicted molar refractivity (Wildman–Crippen MR) is 71.5 cm³/mol. The van der Waals surface area contributed by atoms with Crippen LogP contribution in [0.3, 0.4) is 0 Å². The SMILES string of the molecule is Cl.Fc1cccc(-c2noc(C3CCCCN3)n2)c1. The number of hydrogen-bond acceptors (Lipinski definition) is 4. The summed E-state index contributed by atoms with van der Waals surface area (Å²) in [5, 5.41) is 7.25. The summed E-state index contributed by atoms with van der Waals surface area (Å²) in [6.45, 7) is 0.975. The Morgan fingerprint density at radius 2 is 2.21 bits per heavy atom. The number of hydrogen-bond donors (Lipinski definition) is 1. The Morgan fingerprint density at radius 1 is 1.32 bits per heavy atom. The van der Waals surface area contributed by atoms with Gasteiger partial charge in [0.05, 0.1) is 6.04 Å². The van der Waals surface area contributed by atoms with Crippen molar-refractivity contribution in [1.82, 2.24) is 15.5 Å². The van der Waals surface area contributed by atoms with Crippen molar-refractivity contribution in [3.05, 3.63) is 36.0 Å². The van der Waals surface area contributed by atoms with Crippen molar-refractivity contribution in [2.75, 3.05) is 6.54 Å². The first-order valence-corrected chi connectivity index (χ1v) is 6.16. The molecule has 19 heavy (non-hydrogen) atoms. The molecule has 0 amide bonds. The number of nitrogens with one attached hydrogen (secondary N) is 1. The van der Waals surface area contributed by atoms with Crippen molar-refractivity contribution >= 4 is 12.4 Å².